The van der Waals surface area contributed by atoms with Gasteiger partial charge in [0.1, 0.15) is 72.0 Å². The normalized spacial score (nSPS) is 29.5. The summed E-state index contributed by atoms with van der Waals surface area (Å²) in [7, 11) is 5.40. The number of pyridine rings is 2. The number of aromatic nitrogens is 2. The Morgan fingerprint density at radius 3 is 1.49 bits per heavy atom. The average Bonchev–Trinajstić information content (AvgIpc) is 4.51. The lowest BCUT2D eigenvalue weighted by Crippen LogP contribution is -2.61. The van der Waals surface area contributed by atoms with E-state index in [0.717, 1.165) is 26.5 Å². The van der Waals surface area contributed by atoms with E-state index < -0.39 is 160 Å². The van der Waals surface area contributed by atoms with E-state index in [-0.39, 0.29) is 25.0 Å². The molecule has 426 valence electrons. The number of nitrogens with zero attached hydrogens (tertiary/aromatic N) is 6. The molecule has 2 saturated heterocycles. The fourth-order valence-electron chi connectivity index (χ4n) is 10.7. The van der Waals surface area contributed by atoms with Crippen LogP contribution in [-0.4, -0.2) is 199 Å². The van der Waals surface area contributed by atoms with Crippen molar-refractivity contribution in [1.82, 2.24) is 50.8 Å². The summed E-state index contributed by atoms with van der Waals surface area (Å²) >= 11 is 1.09. The molecule has 2 spiro atoms. The second kappa shape index (κ2) is 22.9. The van der Waals surface area contributed by atoms with Crippen molar-refractivity contribution in [2.24, 2.45) is 11.8 Å². The van der Waals surface area contributed by atoms with Gasteiger partial charge in [-0.1, -0.05) is 63.6 Å². The van der Waals surface area contributed by atoms with Gasteiger partial charge in [-0.3, -0.25) is 38.4 Å². The van der Waals surface area contributed by atoms with Crippen LogP contribution in [0.3, 0.4) is 0 Å². The van der Waals surface area contributed by atoms with Gasteiger partial charge in [-0.05, 0) is 69.2 Å². The number of hydrogen-bond donors (Lipinski definition) is 6. The van der Waals surface area contributed by atoms with Crippen molar-refractivity contribution in [3.05, 3.63) is 72.1 Å². The first-order valence-electron chi connectivity index (χ1n) is 26.3. The van der Waals surface area contributed by atoms with Crippen LogP contribution in [0.1, 0.15) is 81.3 Å². The second-order valence-electron chi connectivity index (χ2n) is 21.2. The zero-order chi connectivity index (χ0) is 58.3. The molecule has 80 heavy (non-hydrogen) atoms. The van der Waals surface area contributed by atoms with Gasteiger partial charge in [0.2, 0.25) is 35.4 Å². The van der Waals surface area contributed by atoms with E-state index >= 15 is 9.59 Å². The topological polar surface area (TPSA) is 316 Å². The number of likely N-dealkylation sites (N-methyl/N-ethyl adjacent to an activating group) is 4. The molecule has 24 nitrogen and oxygen atoms in total. The predicted molar refractivity (Wildman–Crippen MR) is 289 cm³/mol. The maximum absolute atomic E-state index is 15.5. The summed E-state index contributed by atoms with van der Waals surface area (Å²) in [6.07, 6.45) is 0.804. The molecule has 4 aromatic rings. The van der Waals surface area contributed by atoms with Gasteiger partial charge in [-0.15, -0.1) is 0 Å². The summed E-state index contributed by atoms with van der Waals surface area (Å²) in [5.41, 5.74) is -3.57. The standard InChI is InChI=1S/C55H66N10O14S/c1-10-15-40-43-51(75)65(9)55(23-28(55)3)53(77)79-25-35(60-46(70)41-38(66)20-31-16-11-13-18-33(31)58-41)44(68)56-29(4)48(72)62(6)37(26-80-40)50(74)64(8)54(22-27(54)2)52(76)78-24-36(45(69)57-30(5)49(73)63(43)7)61-47(71)42-39(67)21-32-17-12-14-19-34(32)59-42/h11-14,16-21,27-30,35-37,40,43,66-67H,10,15,22-26H2,1-9H3,(H,56,68)(H,57,69)(H,60,70)(H,61,71). The molecule has 2 aliphatic heterocycles. The van der Waals surface area contributed by atoms with E-state index in [9.17, 15) is 48.6 Å². The molecule has 11 atom stereocenters. The number of amides is 8. The fraction of sp³-hybridized carbons (Fsp3) is 0.491. The second-order valence-corrected chi connectivity index (χ2v) is 22.5. The van der Waals surface area contributed by atoms with Crippen LogP contribution in [0.25, 0.3) is 21.8 Å². The number of cyclic esters (lactones) is 2. The first-order chi connectivity index (χ1) is 37.9. The highest BCUT2D eigenvalue weighted by Gasteiger charge is 2.65. The lowest BCUT2D eigenvalue weighted by atomic mass is 10.0. The summed E-state index contributed by atoms with van der Waals surface area (Å²) in [5, 5.41) is 32.0. The molecule has 4 heterocycles. The predicted octanol–water partition coefficient (Wildman–Crippen LogP) is 1.24. The van der Waals surface area contributed by atoms with Crippen LogP contribution in [0.5, 0.6) is 11.5 Å². The molecular formula is C55H66N10O14S. The number of nitrogens with one attached hydrogen (secondary N) is 4. The van der Waals surface area contributed by atoms with Crippen LogP contribution in [0.2, 0.25) is 0 Å². The monoisotopic (exact) mass is 1120 g/mol. The van der Waals surface area contributed by atoms with Crippen molar-refractivity contribution in [2.75, 3.05) is 47.2 Å². The smallest absolute Gasteiger partial charge is 0.332 e. The third-order valence-electron chi connectivity index (χ3n) is 15.9. The van der Waals surface area contributed by atoms with E-state index in [1.807, 2.05) is 6.92 Å². The van der Waals surface area contributed by atoms with Crippen LogP contribution in [0, 0.1) is 11.8 Å². The number of fused-ring (bicyclic) bond motifs is 6. The fourth-order valence-corrected chi connectivity index (χ4v) is 12.4. The number of benzene rings is 2. The maximum atomic E-state index is 15.5. The number of aromatic hydroxyl groups is 2. The number of rotatable bonds is 6. The third kappa shape index (κ3) is 11.0. The van der Waals surface area contributed by atoms with E-state index in [1.165, 1.54) is 59.1 Å². The van der Waals surface area contributed by atoms with Crippen LogP contribution in [-0.2, 0) is 47.8 Å². The molecule has 4 aliphatic rings. The van der Waals surface area contributed by atoms with E-state index in [0.29, 0.717) is 28.2 Å². The van der Waals surface area contributed by atoms with E-state index in [2.05, 4.69) is 31.2 Å². The molecule has 2 bridgehead atoms. The number of carbonyl (C=O) groups excluding carboxylic acids is 10. The highest BCUT2D eigenvalue weighted by atomic mass is 32.2. The maximum Gasteiger partial charge on any atom is 0.332 e. The quantitative estimate of drug-likeness (QED) is 0.148. The Bertz CT molecular complexity index is 3200. The SMILES string of the molecule is CCCC1SCC2C(=O)N(C)C3(CC3C)C(=O)OCC(NC(=O)c3nc4ccccc4cc3O)C(=O)NC(C)C(=O)N(C)C1C(=O)N(C)C1(CC1C)C(=O)OCC(NC(=O)c1nc3ccccc3cc1O)C(=O)NC(C)C(=O)N2C. The summed E-state index contributed by atoms with van der Waals surface area (Å²) in [6, 6.07) is 6.71. The Kier molecular flexibility index (Phi) is 16.7. The minimum Gasteiger partial charge on any atom is -0.505 e. The van der Waals surface area contributed by atoms with Gasteiger partial charge in [0.25, 0.3) is 11.8 Å². The Labute approximate surface area is 465 Å². The van der Waals surface area contributed by atoms with Gasteiger partial charge >= 0.3 is 11.9 Å². The van der Waals surface area contributed by atoms with Crippen LogP contribution >= 0.6 is 11.8 Å². The van der Waals surface area contributed by atoms with Crippen molar-refractivity contribution in [1.29, 1.82) is 0 Å². The molecule has 2 aromatic carbocycles. The third-order valence-corrected chi connectivity index (χ3v) is 17.4. The molecule has 4 fully saturated rings. The summed E-state index contributed by atoms with van der Waals surface area (Å²) in [4.78, 5) is 159. The number of para-hydroxylation sites is 2. The first-order valence-corrected chi connectivity index (χ1v) is 27.4. The molecule has 2 aromatic heterocycles. The van der Waals surface area contributed by atoms with Gasteiger partial charge in [0.05, 0.1) is 11.0 Å². The number of thioether (sulfide) groups is 1. The van der Waals surface area contributed by atoms with E-state index in [1.54, 1.807) is 62.4 Å². The molecule has 6 N–H and O–H groups in total. The van der Waals surface area contributed by atoms with Crippen molar-refractivity contribution >= 4 is 92.8 Å². The molecular weight excluding hydrogens is 1060 g/mol. The Hall–Kier alpha value is -8.09. The van der Waals surface area contributed by atoms with Gasteiger partial charge in [0.15, 0.2) is 11.4 Å². The highest BCUT2D eigenvalue weighted by Crippen LogP contribution is 2.50. The van der Waals surface area contributed by atoms with Crippen molar-refractivity contribution < 1.29 is 67.6 Å². The number of esters is 2. The van der Waals surface area contributed by atoms with Gasteiger partial charge < -0.3 is 60.6 Å². The molecule has 8 amide bonds. The molecule has 2 saturated carbocycles. The molecule has 8 rings (SSSR count). The van der Waals surface area contributed by atoms with Crippen LogP contribution in [0.4, 0.5) is 0 Å². The lowest BCUT2D eigenvalue weighted by Gasteiger charge is -2.40. The molecule has 25 heteroatoms. The molecule has 0 radical (unpaired) electrons. The van der Waals surface area contributed by atoms with Crippen LogP contribution < -0.4 is 21.3 Å². The van der Waals surface area contributed by atoms with Gasteiger partial charge in [-0.2, -0.15) is 11.8 Å². The Morgan fingerprint density at radius 2 is 1.06 bits per heavy atom. The highest BCUT2D eigenvalue weighted by molar-refractivity contribution is 8.00. The Morgan fingerprint density at radius 1 is 0.650 bits per heavy atom. The zero-order valence-corrected chi connectivity index (χ0v) is 46.6. The lowest BCUT2D eigenvalue weighted by molar-refractivity contribution is -0.161. The number of hydrogen-bond acceptors (Lipinski definition) is 17. The van der Waals surface area contributed by atoms with Crippen molar-refractivity contribution in [3.63, 3.8) is 0 Å². The zero-order valence-electron chi connectivity index (χ0n) is 45.8. The van der Waals surface area contributed by atoms with Crippen LogP contribution in [0.15, 0.2) is 60.7 Å². The summed E-state index contributed by atoms with van der Waals surface area (Å²) in [6.45, 7) is 6.23. The summed E-state index contributed by atoms with van der Waals surface area (Å²) < 4.78 is 11.6. The largest absolute Gasteiger partial charge is 0.505 e. The van der Waals surface area contributed by atoms with Gasteiger partial charge in [0, 0.05) is 50.0 Å². The van der Waals surface area contributed by atoms with Gasteiger partial charge in [-0.25, -0.2) is 19.6 Å². The molecule has 11 unspecified atom stereocenters. The minimum absolute atomic E-state index is 0.0778. The first kappa shape index (κ1) is 58.1. The van der Waals surface area contributed by atoms with E-state index in [4.69, 9.17) is 9.47 Å². The number of ether oxygens (including phenoxy) is 2. The summed E-state index contributed by atoms with van der Waals surface area (Å²) in [5.74, 6) is -11.5. The van der Waals surface area contributed by atoms with Crippen molar-refractivity contribution in [2.45, 2.75) is 113 Å². The van der Waals surface area contributed by atoms with Crippen molar-refractivity contribution in [3.8, 4) is 11.5 Å². The Balaban J connectivity index is 1.19. The number of carbonyl (C=O) groups is 10. The molecule has 2 aliphatic carbocycles. The average molecular weight is 1120 g/mol. The minimum atomic E-state index is -1.74.